The second kappa shape index (κ2) is 17.7. The van der Waals surface area contributed by atoms with Crippen LogP contribution in [0.5, 0.6) is 0 Å². The Hall–Kier alpha value is -6.56. The van der Waals surface area contributed by atoms with Gasteiger partial charge in [0.25, 0.3) is 6.71 Å². The van der Waals surface area contributed by atoms with Gasteiger partial charge in [-0.15, -0.1) is 11.3 Å². The summed E-state index contributed by atoms with van der Waals surface area (Å²) in [6, 6.07) is 58.1. The van der Waals surface area contributed by atoms with E-state index in [0.29, 0.717) is 0 Å². The van der Waals surface area contributed by atoms with Crippen LogP contribution in [0.2, 0.25) is 0 Å². The Morgan fingerprint density at radius 1 is 0.444 bits per heavy atom. The zero-order valence-corrected chi connectivity index (χ0v) is 52.6. The maximum atomic E-state index is 2.72. The molecule has 1 aromatic heterocycles. The molecule has 0 spiro atoms. The van der Waals surface area contributed by atoms with Crippen LogP contribution in [0.25, 0.3) is 20.2 Å². The molecule has 0 saturated carbocycles. The average Bonchev–Trinajstić information content (AvgIpc) is 4.13. The largest absolute Gasteiger partial charge is 0.311 e. The van der Waals surface area contributed by atoms with Crippen LogP contribution in [0.15, 0.2) is 146 Å². The maximum Gasteiger partial charge on any atom is 0.252 e. The Bertz CT molecular complexity index is 3990. The SMILES string of the molecule is Cc1cc2c3c(c1)N(c1ccc4c(sc5ccccc54)c1C(C)(C)C)c1cc(N(c4ccc(C(C)(C)C)cc4)c4ccc(C(C)(C)C)cc4)ccc1B3c1cc3c(cc1N2c1ccc2c(c1)C(C)(C)CCC2(C)C)C(C)(C)CC3(C)C. The summed E-state index contributed by atoms with van der Waals surface area (Å²) in [5.74, 6) is 0. The molecule has 0 unspecified atom stereocenters. The van der Waals surface area contributed by atoms with Gasteiger partial charge in [0.1, 0.15) is 0 Å². The van der Waals surface area contributed by atoms with Gasteiger partial charge in [0.15, 0.2) is 0 Å². The summed E-state index contributed by atoms with van der Waals surface area (Å²) in [4.78, 5) is 7.93. The highest BCUT2D eigenvalue weighted by molar-refractivity contribution is 7.26. The third-order valence-electron chi connectivity index (χ3n) is 19.5. The zero-order valence-electron chi connectivity index (χ0n) is 51.8. The molecule has 8 aromatic carbocycles. The van der Waals surface area contributed by atoms with Gasteiger partial charge in [-0.2, -0.15) is 0 Å². The van der Waals surface area contributed by atoms with Gasteiger partial charge in [-0.3, -0.25) is 0 Å². The number of anilines is 9. The molecule has 13 rings (SSSR count). The van der Waals surface area contributed by atoms with Crippen molar-refractivity contribution in [3.05, 3.63) is 190 Å². The minimum Gasteiger partial charge on any atom is -0.311 e. The highest BCUT2D eigenvalue weighted by Gasteiger charge is 2.49. The van der Waals surface area contributed by atoms with Crippen LogP contribution in [0.1, 0.15) is 181 Å². The van der Waals surface area contributed by atoms with Crippen molar-refractivity contribution < 1.29 is 0 Å². The Kier molecular flexibility index (Phi) is 11.8. The third kappa shape index (κ3) is 8.47. The second-order valence-corrected chi connectivity index (χ2v) is 31.6. The van der Waals surface area contributed by atoms with Crippen molar-refractivity contribution in [1.82, 2.24) is 0 Å². The first-order valence-corrected chi connectivity index (χ1v) is 30.9. The molecule has 3 nitrogen and oxygen atoms in total. The molecule has 0 bridgehead atoms. The van der Waals surface area contributed by atoms with Gasteiger partial charge < -0.3 is 14.7 Å². The van der Waals surface area contributed by atoms with Crippen molar-refractivity contribution in [3.63, 3.8) is 0 Å². The fourth-order valence-corrected chi connectivity index (χ4v) is 16.8. The summed E-state index contributed by atoms with van der Waals surface area (Å²) in [5.41, 5.74) is 26.4. The topological polar surface area (TPSA) is 9.72 Å². The van der Waals surface area contributed by atoms with Crippen molar-refractivity contribution in [3.8, 4) is 0 Å². The van der Waals surface area contributed by atoms with E-state index < -0.39 is 0 Å². The predicted molar refractivity (Wildman–Crippen MR) is 355 cm³/mol. The Labute approximate surface area is 489 Å². The van der Waals surface area contributed by atoms with E-state index in [-0.39, 0.29) is 44.6 Å². The highest BCUT2D eigenvalue weighted by Crippen LogP contribution is 2.56. The summed E-state index contributed by atoms with van der Waals surface area (Å²) in [6.45, 7) is 43.2. The van der Waals surface area contributed by atoms with E-state index in [1.165, 1.54) is 128 Å². The lowest BCUT2D eigenvalue weighted by Crippen LogP contribution is -2.61. The van der Waals surface area contributed by atoms with E-state index in [1.54, 1.807) is 0 Å². The Morgan fingerprint density at radius 2 is 0.988 bits per heavy atom. The lowest BCUT2D eigenvalue weighted by atomic mass is 9.33. The van der Waals surface area contributed by atoms with Crippen LogP contribution in [0.4, 0.5) is 51.2 Å². The summed E-state index contributed by atoms with van der Waals surface area (Å²) in [5, 5.41) is 2.66. The van der Waals surface area contributed by atoms with Crippen LogP contribution < -0.4 is 31.1 Å². The van der Waals surface area contributed by atoms with E-state index in [4.69, 9.17) is 0 Å². The van der Waals surface area contributed by atoms with Crippen molar-refractivity contribution >= 4 is 106 Å². The lowest BCUT2D eigenvalue weighted by Gasteiger charge is -2.46. The molecule has 9 aromatic rings. The van der Waals surface area contributed by atoms with Crippen LogP contribution >= 0.6 is 11.3 Å². The minimum absolute atomic E-state index is 0.0107. The number of hydrogen-bond acceptors (Lipinski definition) is 4. The number of aryl methyl sites for hydroxylation is 1. The van der Waals surface area contributed by atoms with E-state index >= 15 is 0 Å². The molecule has 0 amide bonds. The lowest BCUT2D eigenvalue weighted by molar-refractivity contribution is 0.332. The van der Waals surface area contributed by atoms with E-state index in [9.17, 15) is 0 Å². The molecule has 4 aliphatic rings. The van der Waals surface area contributed by atoms with Crippen LogP contribution in [-0.4, -0.2) is 6.71 Å². The number of fused-ring (bicyclic) bond motifs is 9. The molecule has 0 atom stereocenters. The van der Waals surface area contributed by atoms with Crippen molar-refractivity contribution in [2.24, 2.45) is 0 Å². The minimum atomic E-state index is -0.203. The number of hydrogen-bond donors (Lipinski definition) is 0. The number of thiophene rings is 1. The predicted octanol–water partition coefficient (Wildman–Crippen LogP) is 20.1. The Morgan fingerprint density at radius 3 is 1.59 bits per heavy atom. The van der Waals surface area contributed by atoms with Gasteiger partial charge in [-0.05, 0) is 204 Å². The molecule has 0 N–H and O–H groups in total. The van der Waals surface area contributed by atoms with Gasteiger partial charge in [-0.1, -0.05) is 184 Å². The molecule has 412 valence electrons. The third-order valence-corrected chi connectivity index (χ3v) is 20.7. The Balaban J connectivity index is 1.14. The van der Waals surface area contributed by atoms with E-state index in [0.717, 1.165) is 23.5 Å². The standard InChI is InChI=1S/C76H84BN3S/c1-46-39-64-68-65(40-46)80(61-36-33-54-53-21-19-20-22-66(53)81-69(54)67(61)72(8,9)10)62-42-52(78(49-27-23-47(24-28-49)70(2,3)4)50-29-25-48(26-30-50)71(5,6)7)32-35-59(62)77(68)60-43-57-58(76(17,18)45-75(57,15)16)44-63(60)79(64)51-31-34-55-56(41-51)74(13,14)38-37-73(55,11)12/h19-36,39-44H,37-38,45H2,1-18H3. The molecular weight excluding hydrogens is 998 g/mol. The normalized spacial score (nSPS) is 17.4. The molecule has 81 heavy (non-hydrogen) atoms. The second-order valence-electron chi connectivity index (χ2n) is 30.6. The number of rotatable bonds is 5. The van der Waals surface area contributed by atoms with Crippen LogP contribution in [0.3, 0.4) is 0 Å². The summed E-state index contributed by atoms with van der Waals surface area (Å²) in [7, 11) is 0. The average molecular weight is 1080 g/mol. The van der Waals surface area contributed by atoms with Crippen LogP contribution in [0, 0.1) is 6.92 Å². The number of nitrogens with zero attached hydrogens (tertiary/aromatic N) is 3. The maximum absolute atomic E-state index is 2.72. The fraction of sp³-hybridized carbons (Fsp3) is 0.368. The van der Waals surface area contributed by atoms with Crippen molar-refractivity contribution in [1.29, 1.82) is 0 Å². The molecule has 0 radical (unpaired) electrons. The summed E-state index contributed by atoms with van der Waals surface area (Å²) in [6.07, 6.45) is 3.46. The summed E-state index contributed by atoms with van der Waals surface area (Å²) >= 11 is 1.95. The van der Waals surface area contributed by atoms with Gasteiger partial charge in [-0.25, -0.2) is 0 Å². The molecule has 0 fully saturated rings. The number of benzene rings is 8. The molecule has 2 aliphatic heterocycles. The van der Waals surface area contributed by atoms with Crippen molar-refractivity contribution in [2.75, 3.05) is 14.7 Å². The zero-order chi connectivity index (χ0) is 57.5. The monoisotopic (exact) mass is 1080 g/mol. The fourth-order valence-electron chi connectivity index (χ4n) is 15.3. The van der Waals surface area contributed by atoms with Crippen molar-refractivity contribution in [2.45, 2.75) is 182 Å². The van der Waals surface area contributed by atoms with E-state index in [1.807, 2.05) is 11.3 Å². The highest BCUT2D eigenvalue weighted by atomic mass is 32.1. The molecular formula is C76H84BN3S. The molecule has 3 heterocycles. The van der Waals surface area contributed by atoms with E-state index in [2.05, 4.69) is 285 Å². The molecule has 0 saturated heterocycles. The summed E-state index contributed by atoms with van der Waals surface area (Å²) < 4.78 is 2.70. The van der Waals surface area contributed by atoms with Gasteiger partial charge >= 0.3 is 0 Å². The molecule has 2 aliphatic carbocycles. The first-order valence-electron chi connectivity index (χ1n) is 30.1. The first kappa shape index (κ1) is 53.7. The first-order chi connectivity index (χ1) is 37.9. The molecule has 5 heteroatoms. The van der Waals surface area contributed by atoms with Gasteiger partial charge in [0, 0.05) is 65.7 Å². The smallest absolute Gasteiger partial charge is 0.252 e. The van der Waals surface area contributed by atoms with Crippen LogP contribution in [-0.2, 0) is 37.9 Å². The quantitative estimate of drug-likeness (QED) is 0.159. The van der Waals surface area contributed by atoms with Gasteiger partial charge in [0.05, 0.1) is 5.69 Å². The van der Waals surface area contributed by atoms with Gasteiger partial charge in [0.2, 0.25) is 0 Å².